The highest BCUT2D eigenvalue weighted by Crippen LogP contribution is 2.23. The summed E-state index contributed by atoms with van der Waals surface area (Å²) in [6.07, 6.45) is 0.357. The minimum absolute atomic E-state index is 0.0162. The van der Waals surface area contributed by atoms with E-state index < -0.39 is 0 Å². The number of methoxy groups -OCH3 is 1. The van der Waals surface area contributed by atoms with Crippen molar-refractivity contribution in [2.75, 3.05) is 13.7 Å². The van der Waals surface area contributed by atoms with Gasteiger partial charge in [0.25, 0.3) is 0 Å². The summed E-state index contributed by atoms with van der Waals surface area (Å²) in [4.78, 5) is 11.7. The lowest BCUT2D eigenvalue weighted by Gasteiger charge is -1.95. The quantitative estimate of drug-likeness (QED) is 0.740. The number of ketones is 1. The SMILES string of the molecule is COCCC(=O)c1cc2cccc(C)c2o1. The summed E-state index contributed by atoms with van der Waals surface area (Å²) in [7, 11) is 1.58. The zero-order valence-electron chi connectivity index (χ0n) is 9.45. The Bertz CT molecular complexity index is 511. The van der Waals surface area contributed by atoms with Gasteiger partial charge in [-0.3, -0.25) is 4.79 Å². The molecule has 2 rings (SSSR count). The standard InChI is InChI=1S/C13H14O3/c1-9-4-3-5-10-8-12(16-13(9)10)11(14)6-7-15-2/h3-5,8H,6-7H2,1-2H3. The average Bonchev–Trinajstić information content (AvgIpc) is 2.71. The van der Waals surface area contributed by atoms with Crippen molar-refractivity contribution in [2.45, 2.75) is 13.3 Å². The maximum Gasteiger partial charge on any atom is 0.200 e. The Morgan fingerprint density at radius 3 is 2.94 bits per heavy atom. The molecule has 0 radical (unpaired) electrons. The van der Waals surface area contributed by atoms with Gasteiger partial charge in [0.1, 0.15) is 5.58 Å². The second kappa shape index (κ2) is 4.49. The van der Waals surface area contributed by atoms with E-state index >= 15 is 0 Å². The van der Waals surface area contributed by atoms with Gasteiger partial charge in [0.15, 0.2) is 11.5 Å². The Labute approximate surface area is 94.0 Å². The topological polar surface area (TPSA) is 39.4 Å². The summed E-state index contributed by atoms with van der Waals surface area (Å²) in [5.41, 5.74) is 1.84. The van der Waals surface area contributed by atoms with Crippen molar-refractivity contribution in [1.82, 2.24) is 0 Å². The molecule has 84 valence electrons. The number of carbonyl (C=O) groups is 1. The normalized spacial score (nSPS) is 10.9. The van der Waals surface area contributed by atoms with Crippen LogP contribution in [0.2, 0.25) is 0 Å². The van der Waals surface area contributed by atoms with E-state index in [4.69, 9.17) is 9.15 Å². The molecule has 0 amide bonds. The molecule has 0 saturated carbocycles. The average molecular weight is 218 g/mol. The van der Waals surface area contributed by atoms with Crippen LogP contribution in [0.4, 0.5) is 0 Å². The molecule has 0 bridgehead atoms. The predicted octanol–water partition coefficient (Wildman–Crippen LogP) is 2.96. The van der Waals surface area contributed by atoms with Crippen LogP contribution < -0.4 is 0 Å². The van der Waals surface area contributed by atoms with Crippen LogP contribution in [-0.4, -0.2) is 19.5 Å². The number of hydrogen-bond acceptors (Lipinski definition) is 3. The number of Topliss-reactive ketones (excluding diaryl/α,β-unsaturated/α-hetero) is 1. The third-order valence-corrected chi connectivity index (χ3v) is 2.55. The van der Waals surface area contributed by atoms with Crippen molar-refractivity contribution < 1.29 is 13.9 Å². The number of rotatable bonds is 4. The second-order valence-electron chi connectivity index (χ2n) is 3.77. The number of para-hydroxylation sites is 1. The van der Waals surface area contributed by atoms with Gasteiger partial charge in [0.2, 0.25) is 0 Å². The van der Waals surface area contributed by atoms with Gasteiger partial charge in [-0.15, -0.1) is 0 Å². The third kappa shape index (κ3) is 1.99. The number of carbonyl (C=O) groups excluding carboxylic acids is 1. The number of fused-ring (bicyclic) bond motifs is 1. The van der Waals surface area contributed by atoms with Crippen LogP contribution in [-0.2, 0) is 4.74 Å². The summed E-state index contributed by atoms with van der Waals surface area (Å²) >= 11 is 0. The third-order valence-electron chi connectivity index (χ3n) is 2.55. The lowest BCUT2D eigenvalue weighted by atomic mass is 10.1. The second-order valence-corrected chi connectivity index (χ2v) is 3.77. The van der Waals surface area contributed by atoms with Crippen LogP contribution in [0, 0.1) is 6.92 Å². The first kappa shape index (κ1) is 10.9. The Kier molecular flexibility index (Phi) is 3.06. The predicted molar refractivity (Wildman–Crippen MR) is 61.8 cm³/mol. The van der Waals surface area contributed by atoms with Crippen LogP contribution in [0.15, 0.2) is 28.7 Å². The molecule has 3 nitrogen and oxygen atoms in total. The van der Waals surface area contributed by atoms with Crippen molar-refractivity contribution in [3.05, 3.63) is 35.6 Å². The van der Waals surface area contributed by atoms with E-state index in [1.54, 1.807) is 13.2 Å². The van der Waals surface area contributed by atoms with Crippen molar-refractivity contribution in [3.63, 3.8) is 0 Å². The molecule has 0 unspecified atom stereocenters. The fourth-order valence-corrected chi connectivity index (χ4v) is 1.66. The monoisotopic (exact) mass is 218 g/mol. The summed E-state index contributed by atoms with van der Waals surface area (Å²) in [6, 6.07) is 7.66. The Balaban J connectivity index is 2.32. The number of ether oxygens (including phenoxy) is 1. The van der Waals surface area contributed by atoms with E-state index in [1.165, 1.54) is 0 Å². The molecule has 0 N–H and O–H groups in total. The molecule has 16 heavy (non-hydrogen) atoms. The number of aryl methyl sites for hydroxylation is 1. The molecule has 1 aromatic heterocycles. The molecular weight excluding hydrogens is 204 g/mol. The summed E-state index contributed by atoms with van der Waals surface area (Å²) < 4.78 is 10.4. The van der Waals surface area contributed by atoms with Gasteiger partial charge in [-0.25, -0.2) is 0 Å². The molecule has 0 aliphatic heterocycles. The Morgan fingerprint density at radius 2 is 2.25 bits per heavy atom. The molecule has 1 aromatic carbocycles. The van der Waals surface area contributed by atoms with Gasteiger partial charge in [-0.05, 0) is 18.6 Å². The van der Waals surface area contributed by atoms with E-state index in [9.17, 15) is 4.79 Å². The number of benzene rings is 1. The van der Waals surface area contributed by atoms with Crippen LogP contribution in [0.5, 0.6) is 0 Å². The summed E-state index contributed by atoms with van der Waals surface area (Å²) in [6.45, 7) is 2.39. The van der Waals surface area contributed by atoms with E-state index in [0.29, 0.717) is 18.8 Å². The number of hydrogen-bond donors (Lipinski definition) is 0. The molecule has 0 spiro atoms. The minimum Gasteiger partial charge on any atom is -0.453 e. The van der Waals surface area contributed by atoms with E-state index in [0.717, 1.165) is 16.5 Å². The van der Waals surface area contributed by atoms with Gasteiger partial charge < -0.3 is 9.15 Å². The first-order valence-electron chi connectivity index (χ1n) is 5.23. The molecule has 2 aromatic rings. The lowest BCUT2D eigenvalue weighted by molar-refractivity contribution is 0.0907. The summed E-state index contributed by atoms with van der Waals surface area (Å²) in [5, 5.41) is 0.973. The summed E-state index contributed by atoms with van der Waals surface area (Å²) in [5.74, 6) is 0.402. The van der Waals surface area contributed by atoms with Crippen molar-refractivity contribution in [2.24, 2.45) is 0 Å². The smallest absolute Gasteiger partial charge is 0.200 e. The molecule has 0 fully saturated rings. The van der Waals surface area contributed by atoms with Crippen molar-refractivity contribution in [1.29, 1.82) is 0 Å². The minimum atomic E-state index is -0.0162. The highest BCUT2D eigenvalue weighted by atomic mass is 16.5. The van der Waals surface area contributed by atoms with Gasteiger partial charge in [0.05, 0.1) is 6.61 Å². The van der Waals surface area contributed by atoms with Gasteiger partial charge in [-0.2, -0.15) is 0 Å². The van der Waals surface area contributed by atoms with Crippen LogP contribution in [0.25, 0.3) is 11.0 Å². The molecule has 3 heteroatoms. The first-order chi connectivity index (χ1) is 7.72. The molecule has 0 aliphatic rings. The maximum absolute atomic E-state index is 11.7. The highest BCUT2D eigenvalue weighted by Gasteiger charge is 2.12. The molecular formula is C13H14O3. The molecule has 0 saturated heterocycles. The van der Waals surface area contributed by atoms with Crippen LogP contribution >= 0.6 is 0 Å². The van der Waals surface area contributed by atoms with Gasteiger partial charge >= 0.3 is 0 Å². The van der Waals surface area contributed by atoms with E-state index in [-0.39, 0.29) is 5.78 Å². The molecule has 1 heterocycles. The lowest BCUT2D eigenvalue weighted by Crippen LogP contribution is -2.01. The van der Waals surface area contributed by atoms with Gasteiger partial charge in [0, 0.05) is 18.9 Å². The Hall–Kier alpha value is -1.61. The highest BCUT2D eigenvalue weighted by molar-refractivity contribution is 5.98. The zero-order chi connectivity index (χ0) is 11.5. The molecule has 0 aliphatic carbocycles. The van der Waals surface area contributed by atoms with Crippen molar-refractivity contribution >= 4 is 16.8 Å². The zero-order valence-corrected chi connectivity index (χ0v) is 9.45. The van der Waals surface area contributed by atoms with Gasteiger partial charge in [-0.1, -0.05) is 18.2 Å². The van der Waals surface area contributed by atoms with E-state index in [2.05, 4.69) is 0 Å². The Morgan fingerprint density at radius 1 is 1.44 bits per heavy atom. The number of furan rings is 1. The van der Waals surface area contributed by atoms with Crippen LogP contribution in [0.3, 0.4) is 0 Å². The van der Waals surface area contributed by atoms with E-state index in [1.807, 2.05) is 25.1 Å². The maximum atomic E-state index is 11.7. The largest absolute Gasteiger partial charge is 0.453 e. The fraction of sp³-hybridized carbons (Fsp3) is 0.308. The van der Waals surface area contributed by atoms with Crippen LogP contribution in [0.1, 0.15) is 22.5 Å². The van der Waals surface area contributed by atoms with Crippen molar-refractivity contribution in [3.8, 4) is 0 Å². The first-order valence-corrected chi connectivity index (χ1v) is 5.23. The molecule has 0 atom stereocenters. The fourth-order valence-electron chi connectivity index (χ4n) is 1.66.